The van der Waals surface area contributed by atoms with Crippen LogP contribution in [0.2, 0.25) is 0 Å². The molecule has 7 heteroatoms. The number of hydrogen-bond acceptors (Lipinski definition) is 6. The Morgan fingerprint density at radius 2 is 1.67 bits per heavy atom. The van der Waals surface area contributed by atoms with Gasteiger partial charge in [-0.25, -0.2) is 0 Å². The van der Waals surface area contributed by atoms with Gasteiger partial charge in [-0.2, -0.15) is 0 Å². The highest BCUT2D eigenvalue weighted by atomic mass is 32.2. The number of rotatable bonds is 8. The first-order valence-electron chi connectivity index (χ1n) is 9.62. The number of likely N-dealkylation sites (N-methyl/N-ethyl adjacent to an activating group) is 1. The molecule has 0 radical (unpaired) electrons. The van der Waals surface area contributed by atoms with E-state index in [-0.39, 0.29) is 5.91 Å². The number of methoxy groups -OCH3 is 1. The SMILES string of the molecule is COc1cccc(/C=C2\SC(=S)N(C)C2=O)c1OCCCOc1c(C)cccc1C. The maximum atomic E-state index is 12.3. The number of benzene rings is 2. The Morgan fingerprint density at radius 1 is 1.03 bits per heavy atom. The Kier molecular flexibility index (Phi) is 7.39. The molecule has 1 aliphatic heterocycles. The molecule has 0 atom stereocenters. The fourth-order valence-electron chi connectivity index (χ4n) is 3.08. The van der Waals surface area contributed by atoms with E-state index in [0.29, 0.717) is 40.4 Å². The number of hydrogen-bond donors (Lipinski definition) is 0. The lowest BCUT2D eigenvalue weighted by molar-refractivity contribution is -0.121. The van der Waals surface area contributed by atoms with Crippen LogP contribution in [0.25, 0.3) is 6.08 Å². The maximum absolute atomic E-state index is 12.3. The summed E-state index contributed by atoms with van der Waals surface area (Å²) in [4.78, 5) is 14.4. The molecule has 2 aromatic rings. The quantitative estimate of drug-likeness (QED) is 0.325. The van der Waals surface area contributed by atoms with Crippen LogP contribution in [0, 0.1) is 13.8 Å². The van der Waals surface area contributed by atoms with Gasteiger partial charge >= 0.3 is 0 Å². The van der Waals surface area contributed by atoms with Crippen molar-refractivity contribution in [1.29, 1.82) is 0 Å². The molecule has 1 heterocycles. The van der Waals surface area contributed by atoms with Crippen LogP contribution in [0.3, 0.4) is 0 Å². The van der Waals surface area contributed by atoms with Crippen molar-refractivity contribution in [1.82, 2.24) is 4.90 Å². The second kappa shape index (κ2) is 10.00. The van der Waals surface area contributed by atoms with Crippen molar-refractivity contribution < 1.29 is 19.0 Å². The average Bonchev–Trinajstić information content (AvgIpc) is 2.97. The van der Waals surface area contributed by atoms with Gasteiger partial charge in [-0.1, -0.05) is 54.3 Å². The molecule has 158 valence electrons. The second-order valence-corrected chi connectivity index (χ2v) is 8.57. The van der Waals surface area contributed by atoms with Crippen molar-refractivity contribution in [2.75, 3.05) is 27.4 Å². The normalized spacial score (nSPS) is 15.1. The third kappa shape index (κ3) is 4.96. The van der Waals surface area contributed by atoms with Gasteiger partial charge in [-0.3, -0.25) is 9.69 Å². The monoisotopic (exact) mass is 443 g/mol. The predicted octanol–water partition coefficient (Wildman–Crippen LogP) is 4.99. The second-order valence-electron chi connectivity index (χ2n) is 6.89. The van der Waals surface area contributed by atoms with E-state index < -0.39 is 0 Å². The minimum atomic E-state index is -0.110. The van der Waals surface area contributed by atoms with Gasteiger partial charge in [0.15, 0.2) is 11.5 Å². The van der Waals surface area contributed by atoms with Crippen LogP contribution in [0.5, 0.6) is 17.2 Å². The molecule has 1 aliphatic rings. The van der Waals surface area contributed by atoms with Gasteiger partial charge in [0.25, 0.3) is 5.91 Å². The van der Waals surface area contributed by atoms with E-state index in [1.807, 2.05) is 50.2 Å². The topological polar surface area (TPSA) is 48.0 Å². The van der Waals surface area contributed by atoms with Crippen molar-refractivity contribution in [3.8, 4) is 17.2 Å². The van der Waals surface area contributed by atoms with Crippen LogP contribution in [0.1, 0.15) is 23.1 Å². The standard InChI is InChI=1S/C23H25NO4S2/c1-15-8-5-9-16(2)20(15)27-12-7-13-28-21-17(10-6-11-18(21)26-4)14-19-22(25)24(3)23(29)30-19/h5-6,8-11,14H,7,12-13H2,1-4H3/b19-14-. The smallest absolute Gasteiger partial charge is 0.265 e. The van der Waals surface area contributed by atoms with Crippen LogP contribution < -0.4 is 14.2 Å². The molecule has 0 spiro atoms. The number of thioether (sulfide) groups is 1. The summed E-state index contributed by atoms with van der Waals surface area (Å²) in [6, 6.07) is 11.7. The van der Waals surface area contributed by atoms with Crippen molar-refractivity contribution in [3.05, 3.63) is 58.0 Å². The molecule has 1 fully saturated rings. The van der Waals surface area contributed by atoms with E-state index >= 15 is 0 Å². The third-order valence-corrected chi connectivity index (χ3v) is 6.18. The summed E-state index contributed by atoms with van der Waals surface area (Å²) in [6.07, 6.45) is 2.51. The Bertz CT molecular complexity index is 967. The number of amides is 1. The molecule has 30 heavy (non-hydrogen) atoms. The van der Waals surface area contributed by atoms with Gasteiger partial charge in [0, 0.05) is 19.0 Å². The minimum Gasteiger partial charge on any atom is -0.493 e. The molecular weight excluding hydrogens is 418 g/mol. The van der Waals surface area contributed by atoms with E-state index in [2.05, 4.69) is 0 Å². The lowest BCUT2D eigenvalue weighted by Crippen LogP contribution is -2.22. The molecule has 2 aromatic carbocycles. The van der Waals surface area contributed by atoms with E-state index in [1.54, 1.807) is 20.2 Å². The number of nitrogens with zero attached hydrogens (tertiary/aromatic N) is 1. The van der Waals surface area contributed by atoms with E-state index in [4.69, 9.17) is 26.4 Å². The zero-order chi connectivity index (χ0) is 21.7. The first kappa shape index (κ1) is 22.2. The van der Waals surface area contributed by atoms with Gasteiger partial charge in [-0.15, -0.1) is 0 Å². The van der Waals surface area contributed by atoms with Crippen molar-refractivity contribution in [3.63, 3.8) is 0 Å². The summed E-state index contributed by atoms with van der Waals surface area (Å²) >= 11 is 6.49. The van der Waals surface area contributed by atoms with E-state index in [1.165, 1.54) is 16.7 Å². The summed E-state index contributed by atoms with van der Waals surface area (Å²) in [7, 11) is 3.28. The van der Waals surface area contributed by atoms with Gasteiger partial charge in [0.1, 0.15) is 10.1 Å². The van der Waals surface area contributed by atoms with Gasteiger partial charge in [-0.05, 0) is 37.1 Å². The highest BCUT2D eigenvalue weighted by molar-refractivity contribution is 8.26. The lowest BCUT2D eigenvalue weighted by Gasteiger charge is -2.15. The Balaban J connectivity index is 1.67. The summed E-state index contributed by atoms with van der Waals surface area (Å²) < 4.78 is 18.0. The Hall–Kier alpha value is -2.51. The minimum absolute atomic E-state index is 0.110. The molecule has 3 rings (SSSR count). The van der Waals surface area contributed by atoms with Gasteiger partial charge in [0.2, 0.25) is 0 Å². The van der Waals surface area contributed by atoms with Crippen molar-refractivity contribution >= 4 is 40.3 Å². The van der Waals surface area contributed by atoms with Crippen molar-refractivity contribution in [2.45, 2.75) is 20.3 Å². The fraction of sp³-hybridized carbons (Fsp3) is 0.304. The Morgan fingerprint density at radius 3 is 2.27 bits per heavy atom. The zero-order valence-electron chi connectivity index (χ0n) is 17.6. The molecule has 1 saturated heterocycles. The summed E-state index contributed by atoms with van der Waals surface area (Å²) in [5.41, 5.74) is 3.02. The van der Waals surface area contributed by atoms with Crippen LogP contribution in [-0.2, 0) is 4.79 Å². The summed E-state index contributed by atoms with van der Waals surface area (Å²) in [5, 5.41) is 0. The number of para-hydroxylation sites is 2. The molecule has 1 amide bonds. The molecule has 0 aliphatic carbocycles. The number of carbonyl (C=O) groups excluding carboxylic acids is 1. The zero-order valence-corrected chi connectivity index (χ0v) is 19.2. The number of aryl methyl sites for hydroxylation is 2. The molecule has 5 nitrogen and oxygen atoms in total. The van der Waals surface area contributed by atoms with Crippen molar-refractivity contribution in [2.24, 2.45) is 0 Å². The van der Waals surface area contributed by atoms with E-state index in [0.717, 1.165) is 22.4 Å². The molecule has 0 N–H and O–H groups in total. The van der Waals surface area contributed by atoms with Crippen LogP contribution in [0.15, 0.2) is 41.3 Å². The lowest BCUT2D eigenvalue weighted by atomic mass is 10.1. The number of carbonyl (C=O) groups is 1. The fourth-order valence-corrected chi connectivity index (χ4v) is 4.25. The number of thiocarbonyl (C=S) groups is 1. The third-order valence-electron chi connectivity index (χ3n) is 4.69. The maximum Gasteiger partial charge on any atom is 0.265 e. The van der Waals surface area contributed by atoms with Gasteiger partial charge < -0.3 is 14.2 Å². The highest BCUT2D eigenvalue weighted by Gasteiger charge is 2.29. The highest BCUT2D eigenvalue weighted by Crippen LogP contribution is 2.37. The summed E-state index contributed by atoms with van der Waals surface area (Å²) in [5.74, 6) is 2.04. The molecule has 0 aromatic heterocycles. The molecule has 0 bridgehead atoms. The predicted molar refractivity (Wildman–Crippen MR) is 125 cm³/mol. The molecular formula is C23H25NO4S2. The number of ether oxygens (including phenoxy) is 3. The van der Waals surface area contributed by atoms with Crippen LogP contribution >= 0.6 is 24.0 Å². The van der Waals surface area contributed by atoms with E-state index in [9.17, 15) is 4.79 Å². The molecule has 0 unspecified atom stereocenters. The van der Waals surface area contributed by atoms with Gasteiger partial charge in [0.05, 0.1) is 25.2 Å². The largest absolute Gasteiger partial charge is 0.493 e. The first-order chi connectivity index (χ1) is 14.4. The first-order valence-corrected chi connectivity index (χ1v) is 10.8. The van der Waals surface area contributed by atoms with Crippen LogP contribution in [0.4, 0.5) is 0 Å². The Labute approximate surface area is 187 Å². The molecule has 0 saturated carbocycles. The average molecular weight is 444 g/mol. The summed E-state index contributed by atoms with van der Waals surface area (Å²) in [6.45, 7) is 5.09. The van der Waals surface area contributed by atoms with Crippen LogP contribution in [-0.4, -0.2) is 42.5 Å².